The molecule has 1 saturated carbocycles. The molecule has 1 rings (SSSR count). The van der Waals surface area contributed by atoms with Crippen molar-refractivity contribution in [3.05, 3.63) is 0 Å². The molecule has 0 aromatic rings. The summed E-state index contributed by atoms with van der Waals surface area (Å²) < 4.78 is 0. The number of nitrogens with zero attached hydrogens (tertiary/aromatic N) is 1. The summed E-state index contributed by atoms with van der Waals surface area (Å²) >= 11 is 4.86. The maximum atomic E-state index is 11.0. The highest BCUT2D eigenvalue weighted by Gasteiger charge is 2.30. The van der Waals surface area contributed by atoms with E-state index in [-0.39, 0.29) is 0 Å². The van der Waals surface area contributed by atoms with Gasteiger partial charge in [-0.2, -0.15) is 0 Å². The Morgan fingerprint density at radius 1 is 1.60 bits per heavy atom. The van der Waals surface area contributed by atoms with Gasteiger partial charge in [-0.25, -0.2) is 0 Å². The van der Waals surface area contributed by atoms with Crippen LogP contribution in [0, 0.1) is 0 Å². The van der Waals surface area contributed by atoms with Crippen LogP contribution in [0.3, 0.4) is 0 Å². The van der Waals surface area contributed by atoms with Gasteiger partial charge in [0.1, 0.15) is 6.04 Å². The number of hydrogen-bond acceptors (Lipinski definition) is 3. The van der Waals surface area contributed by atoms with Crippen molar-refractivity contribution in [2.75, 3.05) is 6.54 Å². The van der Waals surface area contributed by atoms with Crippen molar-refractivity contribution in [1.82, 2.24) is 4.90 Å². The second-order valence-corrected chi connectivity index (χ2v) is 4.62. The molecule has 1 fully saturated rings. The number of carbonyl (C=O) groups is 1. The second-order valence-electron chi connectivity index (χ2n) is 4.09. The van der Waals surface area contributed by atoms with Gasteiger partial charge >= 0.3 is 5.97 Å². The van der Waals surface area contributed by atoms with Crippen LogP contribution in [0.1, 0.15) is 32.6 Å². The molecule has 0 aromatic carbocycles. The lowest BCUT2D eigenvalue weighted by Gasteiger charge is -2.31. The third-order valence-electron chi connectivity index (χ3n) is 2.99. The molecule has 1 unspecified atom stereocenters. The third kappa shape index (κ3) is 3.43. The van der Waals surface area contributed by atoms with Gasteiger partial charge in [-0.15, -0.1) is 0 Å². The smallest absolute Gasteiger partial charge is 0.320 e. The number of hydrogen-bond donors (Lipinski definition) is 2. The summed E-state index contributed by atoms with van der Waals surface area (Å²) in [5, 5.41) is 9.00. The Bertz CT molecular complexity index is 252. The summed E-state index contributed by atoms with van der Waals surface area (Å²) in [7, 11) is 0. The summed E-state index contributed by atoms with van der Waals surface area (Å²) in [6.45, 7) is 2.10. The molecule has 1 aliphatic carbocycles. The van der Waals surface area contributed by atoms with Gasteiger partial charge in [-0.05, 0) is 19.8 Å². The van der Waals surface area contributed by atoms with Crippen LogP contribution in [0.4, 0.5) is 0 Å². The predicted octanol–water partition coefficient (Wildman–Crippen LogP) is 0.990. The van der Waals surface area contributed by atoms with Gasteiger partial charge in [0.15, 0.2) is 0 Å². The Labute approximate surface area is 95.4 Å². The van der Waals surface area contributed by atoms with E-state index in [1.54, 1.807) is 6.92 Å². The van der Waals surface area contributed by atoms with E-state index in [0.29, 0.717) is 17.6 Å². The molecule has 1 aliphatic rings. The fourth-order valence-electron chi connectivity index (χ4n) is 2.14. The molecule has 0 heterocycles. The van der Waals surface area contributed by atoms with Crippen molar-refractivity contribution < 1.29 is 9.90 Å². The van der Waals surface area contributed by atoms with E-state index in [2.05, 4.69) is 0 Å². The molecule has 0 spiro atoms. The molecule has 0 aliphatic heterocycles. The van der Waals surface area contributed by atoms with Crippen LogP contribution in [-0.4, -0.2) is 39.6 Å². The standard InChI is InChI=1S/C10H18N2O2S/c1-7(10(13)14)12(6-9(11)15)8-4-2-3-5-8/h7-8H,2-6H2,1H3,(H2,11,15)(H,13,14). The van der Waals surface area contributed by atoms with Gasteiger partial charge in [0, 0.05) is 12.6 Å². The zero-order valence-corrected chi connectivity index (χ0v) is 9.80. The lowest BCUT2D eigenvalue weighted by molar-refractivity contribution is -0.143. The van der Waals surface area contributed by atoms with Crippen molar-refractivity contribution in [2.45, 2.75) is 44.7 Å². The van der Waals surface area contributed by atoms with E-state index in [1.807, 2.05) is 4.90 Å². The fourth-order valence-corrected chi connectivity index (χ4v) is 2.29. The normalized spacial score (nSPS) is 19.3. The first kappa shape index (κ1) is 12.4. The molecule has 0 aromatic heterocycles. The van der Waals surface area contributed by atoms with Crippen molar-refractivity contribution in [3.63, 3.8) is 0 Å². The van der Waals surface area contributed by atoms with E-state index >= 15 is 0 Å². The van der Waals surface area contributed by atoms with E-state index in [1.165, 1.54) is 12.8 Å². The van der Waals surface area contributed by atoms with E-state index in [0.717, 1.165) is 12.8 Å². The Morgan fingerprint density at radius 3 is 2.53 bits per heavy atom. The van der Waals surface area contributed by atoms with E-state index in [9.17, 15) is 4.79 Å². The summed E-state index contributed by atoms with van der Waals surface area (Å²) in [4.78, 5) is 13.2. The Hall–Kier alpha value is -0.680. The predicted molar refractivity (Wildman–Crippen MR) is 62.8 cm³/mol. The van der Waals surface area contributed by atoms with E-state index < -0.39 is 12.0 Å². The average molecular weight is 230 g/mol. The lowest BCUT2D eigenvalue weighted by Crippen LogP contribution is -2.48. The highest BCUT2D eigenvalue weighted by Crippen LogP contribution is 2.24. The van der Waals surface area contributed by atoms with Gasteiger partial charge in [-0.1, -0.05) is 25.1 Å². The van der Waals surface area contributed by atoms with Crippen LogP contribution < -0.4 is 5.73 Å². The molecule has 1 atom stereocenters. The highest BCUT2D eigenvalue weighted by atomic mass is 32.1. The maximum absolute atomic E-state index is 11.0. The fraction of sp³-hybridized carbons (Fsp3) is 0.800. The number of carboxylic acid groups (broad SMARTS) is 1. The van der Waals surface area contributed by atoms with Crippen LogP contribution in [0.2, 0.25) is 0 Å². The molecule has 15 heavy (non-hydrogen) atoms. The molecule has 0 saturated heterocycles. The minimum Gasteiger partial charge on any atom is -0.480 e. The van der Waals surface area contributed by atoms with Gasteiger partial charge in [-0.3, -0.25) is 9.69 Å². The maximum Gasteiger partial charge on any atom is 0.320 e. The second kappa shape index (κ2) is 5.42. The Morgan fingerprint density at radius 2 is 2.13 bits per heavy atom. The SMILES string of the molecule is CC(C(=O)O)N(CC(N)=S)C1CCCC1. The quantitative estimate of drug-likeness (QED) is 0.689. The largest absolute Gasteiger partial charge is 0.480 e. The molecule has 0 bridgehead atoms. The molecule has 3 N–H and O–H groups in total. The molecule has 86 valence electrons. The van der Waals surface area contributed by atoms with Crippen LogP contribution in [0.25, 0.3) is 0 Å². The molecule has 5 heteroatoms. The minimum absolute atomic E-state index is 0.331. The van der Waals surface area contributed by atoms with Crippen LogP contribution in [0.5, 0.6) is 0 Å². The summed E-state index contributed by atoms with van der Waals surface area (Å²) in [6, 6.07) is -0.174. The summed E-state index contributed by atoms with van der Waals surface area (Å²) in [6.07, 6.45) is 4.45. The molecular formula is C10H18N2O2S. The third-order valence-corrected chi connectivity index (χ3v) is 3.12. The van der Waals surface area contributed by atoms with Crippen LogP contribution in [0.15, 0.2) is 0 Å². The molecule has 0 amide bonds. The van der Waals surface area contributed by atoms with Crippen LogP contribution in [-0.2, 0) is 4.79 Å². The van der Waals surface area contributed by atoms with Crippen LogP contribution >= 0.6 is 12.2 Å². The molecular weight excluding hydrogens is 212 g/mol. The average Bonchev–Trinajstić information content (AvgIpc) is 2.65. The first-order valence-electron chi connectivity index (χ1n) is 5.29. The number of thiocarbonyl (C=S) groups is 1. The lowest BCUT2D eigenvalue weighted by atomic mass is 10.1. The van der Waals surface area contributed by atoms with Crippen molar-refractivity contribution in [1.29, 1.82) is 0 Å². The van der Waals surface area contributed by atoms with E-state index in [4.69, 9.17) is 23.1 Å². The number of aliphatic carboxylic acids is 1. The zero-order chi connectivity index (χ0) is 11.4. The number of rotatable bonds is 5. The molecule has 0 radical (unpaired) electrons. The first-order chi connectivity index (χ1) is 7.02. The molecule has 4 nitrogen and oxygen atoms in total. The first-order valence-corrected chi connectivity index (χ1v) is 5.70. The van der Waals surface area contributed by atoms with Crippen molar-refractivity contribution >= 4 is 23.2 Å². The summed E-state index contributed by atoms with van der Waals surface area (Å²) in [5.74, 6) is -0.807. The van der Waals surface area contributed by atoms with Gasteiger partial charge in [0.25, 0.3) is 0 Å². The number of carboxylic acids is 1. The van der Waals surface area contributed by atoms with Crippen molar-refractivity contribution in [2.24, 2.45) is 5.73 Å². The monoisotopic (exact) mass is 230 g/mol. The van der Waals surface area contributed by atoms with Gasteiger partial charge < -0.3 is 10.8 Å². The van der Waals surface area contributed by atoms with Crippen molar-refractivity contribution in [3.8, 4) is 0 Å². The Kier molecular flexibility index (Phi) is 4.47. The topological polar surface area (TPSA) is 66.6 Å². The number of nitrogens with two attached hydrogens (primary N) is 1. The Balaban J connectivity index is 2.67. The summed E-state index contributed by atoms with van der Waals surface area (Å²) in [5.41, 5.74) is 5.50. The highest BCUT2D eigenvalue weighted by molar-refractivity contribution is 7.80. The van der Waals surface area contributed by atoms with Gasteiger partial charge in [0.05, 0.1) is 4.99 Å². The minimum atomic E-state index is -0.807. The van der Waals surface area contributed by atoms with Gasteiger partial charge in [0.2, 0.25) is 0 Å². The zero-order valence-electron chi connectivity index (χ0n) is 8.98.